The van der Waals surface area contributed by atoms with E-state index in [9.17, 15) is 27.9 Å². The van der Waals surface area contributed by atoms with Crippen molar-refractivity contribution in [2.24, 2.45) is 0 Å². The van der Waals surface area contributed by atoms with Crippen LogP contribution in [0.4, 0.5) is 13.2 Å². The standard InChI is InChI=1S/C24H22Cl2F3N5O3S/c1-11-5-18-15(8-32(11)22(36)13-3-4-16(25)17(26)6-13)20-23(37)33(7-14(9-35)34(20)31-18)12(2)21-30-19(10-38-21)24(27,28)29/h3-4,6,10-12,14,35H,5,7-9H2,1-2H3/t11-,12?,14+/m1/s1. The van der Waals surface area contributed by atoms with Crippen molar-refractivity contribution in [2.75, 3.05) is 13.2 Å². The lowest BCUT2D eigenvalue weighted by molar-refractivity contribution is -0.140. The SMILES string of the molecule is CC(c1nc(C(F)(F)F)cs1)N1C[C@@H](CO)n2nc3c(c2C1=O)CN(C(=O)c1ccc(Cl)c(Cl)c1)[C@H](C)C3. The molecule has 1 unspecified atom stereocenters. The zero-order valence-electron chi connectivity index (χ0n) is 20.2. The highest BCUT2D eigenvalue weighted by atomic mass is 35.5. The van der Waals surface area contributed by atoms with Crippen molar-refractivity contribution in [1.82, 2.24) is 24.6 Å². The summed E-state index contributed by atoms with van der Waals surface area (Å²) < 4.78 is 40.8. The highest BCUT2D eigenvalue weighted by molar-refractivity contribution is 7.09. The van der Waals surface area contributed by atoms with Gasteiger partial charge in [-0.15, -0.1) is 11.3 Å². The molecular formula is C24H22Cl2F3N5O3S. The molecule has 1 aromatic carbocycles. The monoisotopic (exact) mass is 587 g/mol. The molecule has 2 aliphatic heterocycles. The number of hydrogen-bond acceptors (Lipinski definition) is 6. The molecule has 14 heteroatoms. The summed E-state index contributed by atoms with van der Waals surface area (Å²) in [6.07, 6.45) is -4.21. The number of aliphatic hydroxyl groups is 1. The summed E-state index contributed by atoms with van der Waals surface area (Å²) in [4.78, 5) is 33.8. The van der Waals surface area contributed by atoms with Crippen molar-refractivity contribution in [3.8, 4) is 0 Å². The van der Waals surface area contributed by atoms with Crippen molar-refractivity contribution in [1.29, 1.82) is 0 Å². The van der Waals surface area contributed by atoms with E-state index in [2.05, 4.69) is 10.1 Å². The lowest BCUT2D eigenvalue weighted by Gasteiger charge is -2.37. The molecule has 0 aliphatic carbocycles. The van der Waals surface area contributed by atoms with Crippen LogP contribution in [0.2, 0.25) is 10.0 Å². The number of aliphatic hydroxyl groups excluding tert-OH is 1. The fraction of sp³-hybridized carbons (Fsp3) is 0.417. The fourth-order valence-corrected chi connectivity index (χ4v) is 6.05. The third-order valence-electron chi connectivity index (χ3n) is 6.93. The van der Waals surface area contributed by atoms with Crippen molar-refractivity contribution in [2.45, 2.75) is 51.1 Å². The van der Waals surface area contributed by atoms with Gasteiger partial charge in [-0.05, 0) is 32.0 Å². The molecule has 5 rings (SSSR count). The van der Waals surface area contributed by atoms with E-state index in [0.717, 1.165) is 16.7 Å². The molecule has 38 heavy (non-hydrogen) atoms. The molecule has 0 spiro atoms. The normalized spacial score (nSPS) is 20.4. The maximum absolute atomic E-state index is 13.7. The summed E-state index contributed by atoms with van der Waals surface area (Å²) in [6.45, 7) is 3.28. The Hall–Kier alpha value is -2.67. The molecule has 4 heterocycles. The number of alkyl halides is 3. The highest BCUT2D eigenvalue weighted by Crippen LogP contribution is 2.38. The Morgan fingerprint density at radius 1 is 1.29 bits per heavy atom. The molecule has 1 N–H and O–H groups in total. The molecule has 3 atom stereocenters. The summed E-state index contributed by atoms with van der Waals surface area (Å²) in [5, 5.41) is 16.3. The minimum atomic E-state index is -4.59. The summed E-state index contributed by atoms with van der Waals surface area (Å²) in [6, 6.07) is 2.99. The third kappa shape index (κ3) is 4.57. The van der Waals surface area contributed by atoms with E-state index in [-0.39, 0.29) is 47.4 Å². The van der Waals surface area contributed by atoms with Gasteiger partial charge in [-0.2, -0.15) is 18.3 Å². The number of aromatic nitrogens is 3. The molecule has 0 bridgehead atoms. The summed E-state index contributed by atoms with van der Waals surface area (Å²) in [5.41, 5.74) is 0.728. The topological polar surface area (TPSA) is 91.6 Å². The zero-order chi connectivity index (χ0) is 27.5. The minimum Gasteiger partial charge on any atom is -0.394 e. The molecule has 0 saturated carbocycles. The lowest BCUT2D eigenvalue weighted by Crippen LogP contribution is -2.46. The minimum absolute atomic E-state index is 0.0481. The molecule has 8 nitrogen and oxygen atoms in total. The maximum atomic E-state index is 13.7. The second-order valence-electron chi connectivity index (χ2n) is 9.37. The molecule has 2 amide bonds. The quantitative estimate of drug-likeness (QED) is 0.463. The van der Waals surface area contributed by atoms with Crippen LogP contribution >= 0.6 is 34.5 Å². The van der Waals surface area contributed by atoms with Gasteiger partial charge in [-0.25, -0.2) is 4.98 Å². The molecule has 2 aromatic heterocycles. The summed E-state index contributed by atoms with van der Waals surface area (Å²) >= 11 is 12.9. The van der Waals surface area contributed by atoms with E-state index in [1.165, 1.54) is 21.7 Å². The van der Waals surface area contributed by atoms with Crippen molar-refractivity contribution in [3.05, 3.63) is 66.8 Å². The van der Waals surface area contributed by atoms with Crippen LogP contribution in [0.5, 0.6) is 0 Å². The average Bonchev–Trinajstić information content (AvgIpc) is 3.50. The number of thiazole rings is 1. The van der Waals surface area contributed by atoms with Gasteiger partial charge in [-0.1, -0.05) is 23.2 Å². The van der Waals surface area contributed by atoms with E-state index in [0.29, 0.717) is 28.3 Å². The van der Waals surface area contributed by atoms with E-state index in [1.807, 2.05) is 6.92 Å². The molecule has 202 valence electrons. The van der Waals surface area contributed by atoms with Crippen LogP contribution in [-0.2, 0) is 19.1 Å². The van der Waals surface area contributed by atoms with Crippen molar-refractivity contribution in [3.63, 3.8) is 0 Å². The van der Waals surface area contributed by atoms with Crippen LogP contribution in [0.3, 0.4) is 0 Å². The first kappa shape index (κ1) is 26.9. The van der Waals surface area contributed by atoms with Gasteiger partial charge in [0.25, 0.3) is 11.8 Å². The van der Waals surface area contributed by atoms with Crippen LogP contribution in [0.1, 0.15) is 68.7 Å². The van der Waals surface area contributed by atoms with Crippen LogP contribution in [-0.4, -0.2) is 60.7 Å². The largest absolute Gasteiger partial charge is 0.434 e. The lowest BCUT2D eigenvalue weighted by atomic mass is 9.97. The second kappa shape index (κ2) is 9.82. The van der Waals surface area contributed by atoms with E-state index in [1.54, 1.807) is 17.9 Å². The number of carbonyl (C=O) groups is 2. The predicted octanol–water partition coefficient (Wildman–Crippen LogP) is 5.00. The van der Waals surface area contributed by atoms with E-state index in [4.69, 9.17) is 23.2 Å². The zero-order valence-corrected chi connectivity index (χ0v) is 22.5. The van der Waals surface area contributed by atoms with Gasteiger partial charge in [0.1, 0.15) is 10.7 Å². The Kier molecular flexibility index (Phi) is 6.95. The van der Waals surface area contributed by atoms with E-state index >= 15 is 0 Å². The average molecular weight is 588 g/mol. The predicted molar refractivity (Wildman–Crippen MR) is 134 cm³/mol. The molecular weight excluding hydrogens is 566 g/mol. The Labute approximate surface area is 229 Å². The third-order valence-corrected chi connectivity index (χ3v) is 8.69. The summed E-state index contributed by atoms with van der Waals surface area (Å²) in [5.74, 6) is -0.743. The van der Waals surface area contributed by atoms with Gasteiger partial charge in [0.05, 0.1) is 41.0 Å². The van der Waals surface area contributed by atoms with E-state index < -0.39 is 29.9 Å². The Balaban J connectivity index is 1.48. The van der Waals surface area contributed by atoms with Gasteiger partial charge >= 0.3 is 6.18 Å². The van der Waals surface area contributed by atoms with Crippen molar-refractivity contribution >= 4 is 46.4 Å². The number of hydrogen-bond donors (Lipinski definition) is 1. The number of benzene rings is 1. The van der Waals surface area contributed by atoms with Gasteiger partial charge in [-0.3, -0.25) is 14.3 Å². The highest BCUT2D eigenvalue weighted by Gasteiger charge is 2.42. The first-order valence-electron chi connectivity index (χ1n) is 11.7. The van der Waals surface area contributed by atoms with Crippen LogP contribution in [0.15, 0.2) is 23.6 Å². The molecule has 0 radical (unpaired) electrons. The van der Waals surface area contributed by atoms with Crippen molar-refractivity contribution < 1.29 is 27.9 Å². The number of halogens is 5. The Morgan fingerprint density at radius 2 is 2.03 bits per heavy atom. The maximum Gasteiger partial charge on any atom is 0.434 e. The van der Waals surface area contributed by atoms with Gasteiger partial charge < -0.3 is 14.9 Å². The Bertz CT molecular complexity index is 1430. The number of carbonyl (C=O) groups excluding carboxylic acids is 2. The molecule has 3 aromatic rings. The molecule has 2 aliphatic rings. The van der Waals surface area contributed by atoms with Gasteiger partial charge in [0.15, 0.2) is 5.69 Å². The smallest absolute Gasteiger partial charge is 0.394 e. The fourth-order valence-electron chi connectivity index (χ4n) is 4.86. The first-order chi connectivity index (χ1) is 17.9. The second-order valence-corrected chi connectivity index (χ2v) is 11.1. The molecule has 0 fully saturated rings. The van der Waals surface area contributed by atoms with Crippen LogP contribution in [0.25, 0.3) is 0 Å². The number of fused-ring (bicyclic) bond motifs is 3. The first-order valence-corrected chi connectivity index (χ1v) is 13.3. The van der Waals surface area contributed by atoms with Crippen LogP contribution in [0, 0.1) is 0 Å². The van der Waals surface area contributed by atoms with Crippen LogP contribution < -0.4 is 0 Å². The van der Waals surface area contributed by atoms with Gasteiger partial charge in [0.2, 0.25) is 0 Å². The summed E-state index contributed by atoms with van der Waals surface area (Å²) in [7, 11) is 0. The Morgan fingerprint density at radius 3 is 2.66 bits per heavy atom. The number of rotatable bonds is 4. The number of nitrogens with zero attached hydrogens (tertiary/aromatic N) is 5. The molecule has 0 saturated heterocycles. The number of amides is 2. The van der Waals surface area contributed by atoms with Gasteiger partial charge in [0, 0.05) is 35.5 Å².